The van der Waals surface area contributed by atoms with E-state index < -0.39 is 5.60 Å². The first-order valence-electron chi connectivity index (χ1n) is 8.34. The average molecular weight is 267 g/mol. The summed E-state index contributed by atoms with van der Waals surface area (Å²) in [5, 5.41) is 14.3. The van der Waals surface area contributed by atoms with Gasteiger partial charge < -0.3 is 10.4 Å². The largest absolute Gasteiger partial charge is 0.389 e. The van der Waals surface area contributed by atoms with Gasteiger partial charge in [-0.3, -0.25) is 0 Å². The minimum atomic E-state index is -0.422. The Labute approximate surface area is 119 Å². The number of aliphatic hydroxyl groups is 1. The number of rotatable bonds is 3. The molecule has 2 nitrogen and oxygen atoms in total. The first-order chi connectivity index (χ1) is 8.89. The van der Waals surface area contributed by atoms with E-state index >= 15 is 0 Å². The summed E-state index contributed by atoms with van der Waals surface area (Å²) in [4.78, 5) is 0. The molecule has 0 aromatic carbocycles. The lowest BCUT2D eigenvalue weighted by Crippen LogP contribution is -2.46. The Morgan fingerprint density at radius 1 is 1.00 bits per heavy atom. The van der Waals surface area contributed by atoms with Gasteiger partial charge in [-0.15, -0.1) is 0 Å². The fraction of sp³-hybridized carbons (Fsp3) is 1.00. The molecule has 19 heavy (non-hydrogen) atoms. The molecule has 2 heteroatoms. The maximum Gasteiger partial charge on any atom is 0.0771 e. The molecule has 0 heterocycles. The predicted octanol–water partition coefficient (Wildman–Crippen LogP) is 3.88. The Bertz CT molecular complexity index is 279. The van der Waals surface area contributed by atoms with E-state index in [1.165, 1.54) is 44.9 Å². The highest BCUT2D eigenvalue weighted by atomic mass is 16.3. The normalized spacial score (nSPS) is 39.8. The van der Waals surface area contributed by atoms with Crippen LogP contribution in [0.25, 0.3) is 0 Å². The third kappa shape index (κ3) is 4.75. The fourth-order valence-corrected chi connectivity index (χ4v) is 3.68. The van der Waals surface area contributed by atoms with Gasteiger partial charge >= 0.3 is 0 Å². The zero-order chi connectivity index (χ0) is 13.9. The second kappa shape index (κ2) is 6.13. The molecule has 0 radical (unpaired) electrons. The van der Waals surface area contributed by atoms with Crippen LogP contribution in [0.2, 0.25) is 0 Å². The Kier molecular flexibility index (Phi) is 4.94. The van der Waals surface area contributed by atoms with Crippen LogP contribution >= 0.6 is 0 Å². The minimum absolute atomic E-state index is 0.422. The van der Waals surface area contributed by atoms with Gasteiger partial charge in [0.15, 0.2) is 0 Å². The van der Waals surface area contributed by atoms with Crippen molar-refractivity contribution in [2.75, 3.05) is 6.54 Å². The molecule has 2 aliphatic carbocycles. The van der Waals surface area contributed by atoms with Crippen LogP contribution in [0.15, 0.2) is 0 Å². The standard InChI is InChI=1S/C17H33NO/c1-14-6-11-17(19,12-7-14)13-18-15-5-4-9-16(2,3)10-8-15/h14-15,18-19H,4-13H2,1-3H3. The van der Waals surface area contributed by atoms with E-state index in [4.69, 9.17) is 0 Å². The molecular formula is C17H33NO. The molecule has 0 spiro atoms. The lowest BCUT2D eigenvalue weighted by molar-refractivity contribution is -0.00853. The molecular weight excluding hydrogens is 234 g/mol. The molecule has 1 unspecified atom stereocenters. The van der Waals surface area contributed by atoms with Crippen LogP contribution in [0.4, 0.5) is 0 Å². The van der Waals surface area contributed by atoms with Crippen molar-refractivity contribution in [3.63, 3.8) is 0 Å². The summed E-state index contributed by atoms with van der Waals surface area (Å²) < 4.78 is 0. The molecule has 2 rings (SSSR count). The third-order valence-corrected chi connectivity index (χ3v) is 5.50. The molecule has 0 aromatic heterocycles. The summed E-state index contributed by atoms with van der Waals surface area (Å²) in [6, 6.07) is 0.630. The molecule has 2 aliphatic rings. The SMILES string of the molecule is CC1CCC(O)(CNC2CCCC(C)(C)CC2)CC1. The highest BCUT2D eigenvalue weighted by molar-refractivity contribution is 4.88. The molecule has 2 fully saturated rings. The highest BCUT2D eigenvalue weighted by Crippen LogP contribution is 2.35. The lowest BCUT2D eigenvalue weighted by Gasteiger charge is -2.36. The molecule has 0 amide bonds. The Hall–Kier alpha value is -0.0800. The number of nitrogens with one attached hydrogen (secondary N) is 1. The van der Waals surface area contributed by atoms with Gasteiger partial charge in [-0.05, 0) is 62.7 Å². The van der Waals surface area contributed by atoms with Gasteiger partial charge in [0.25, 0.3) is 0 Å². The quantitative estimate of drug-likeness (QED) is 0.761. The topological polar surface area (TPSA) is 32.3 Å². The van der Waals surface area contributed by atoms with Gasteiger partial charge in [-0.25, -0.2) is 0 Å². The van der Waals surface area contributed by atoms with E-state index in [0.29, 0.717) is 11.5 Å². The van der Waals surface area contributed by atoms with E-state index in [1.54, 1.807) is 0 Å². The van der Waals surface area contributed by atoms with Crippen molar-refractivity contribution in [2.24, 2.45) is 11.3 Å². The van der Waals surface area contributed by atoms with E-state index in [-0.39, 0.29) is 0 Å². The van der Waals surface area contributed by atoms with Crippen molar-refractivity contribution >= 4 is 0 Å². The van der Waals surface area contributed by atoms with Crippen LogP contribution < -0.4 is 5.32 Å². The first-order valence-corrected chi connectivity index (χ1v) is 8.34. The number of hydrogen-bond acceptors (Lipinski definition) is 2. The monoisotopic (exact) mass is 267 g/mol. The fourth-order valence-electron chi connectivity index (χ4n) is 3.68. The second-order valence-corrected chi connectivity index (χ2v) is 8.08. The van der Waals surface area contributed by atoms with Gasteiger partial charge in [-0.2, -0.15) is 0 Å². The maximum atomic E-state index is 10.6. The average Bonchev–Trinajstić information content (AvgIpc) is 2.52. The van der Waals surface area contributed by atoms with Crippen LogP contribution in [-0.2, 0) is 0 Å². The summed E-state index contributed by atoms with van der Waals surface area (Å²) in [5.41, 5.74) is 0.0991. The van der Waals surface area contributed by atoms with Crippen LogP contribution in [0.1, 0.15) is 78.6 Å². The first kappa shape index (κ1) is 15.3. The van der Waals surface area contributed by atoms with Gasteiger partial charge in [0.2, 0.25) is 0 Å². The van der Waals surface area contributed by atoms with Crippen LogP contribution in [0.3, 0.4) is 0 Å². The zero-order valence-corrected chi connectivity index (χ0v) is 13.2. The smallest absolute Gasteiger partial charge is 0.0771 e. The lowest BCUT2D eigenvalue weighted by atomic mass is 9.79. The molecule has 112 valence electrons. The van der Waals surface area contributed by atoms with Crippen molar-refractivity contribution in [3.8, 4) is 0 Å². The van der Waals surface area contributed by atoms with E-state index in [0.717, 1.165) is 25.3 Å². The number of hydrogen-bond donors (Lipinski definition) is 2. The molecule has 0 bridgehead atoms. The van der Waals surface area contributed by atoms with Crippen molar-refractivity contribution in [1.82, 2.24) is 5.32 Å². The Morgan fingerprint density at radius 2 is 1.68 bits per heavy atom. The summed E-state index contributed by atoms with van der Waals surface area (Å²) in [6.45, 7) is 7.90. The second-order valence-electron chi connectivity index (χ2n) is 8.08. The van der Waals surface area contributed by atoms with E-state index in [2.05, 4.69) is 26.1 Å². The van der Waals surface area contributed by atoms with Gasteiger partial charge in [0.1, 0.15) is 0 Å². The molecule has 0 aliphatic heterocycles. The molecule has 2 N–H and O–H groups in total. The van der Waals surface area contributed by atoms with Crippen LogP contribution in [0, 0.1) is 11.3 Å². The minimum Gasteiger partial charge on any atom is -0.389 e. The molecule has 0 aromatic rings. The van der Waals surface area contributed by atoms with Crippen molar-refractivity contribution < 1.29 is 5.11 Å². The van der Waals surface area contributed by atoms with Crippen molar-refractivity contribution in [2.45, 2.75) is 90.2 Å². The van der Waals surface area contributed by atoms with Gasteiger partial charge in [-0.1, -0.05) is 27.2 Å². The molecule has 1 atom stereocenters. The highest BCUT2D eigenvalue weighted by Gasteiger charge is 2.32. The summed E-state index contributed by atoms with van der Waals surface area (Å²) in [6.07, 6.45) is 10.9. The van der Waals surface area contributed by atoms with Gasteiger partial charge in [0, 0.05) is 12.6 Å². The van der Waals surface area contributed by atoms with Crippen LogP contribution in [0.5, 0.6) is 0 Å². The summed E-state index contributed by atoms with van der Waals surface area (Å²) >= 11 is 0. The Morgan fingerprint density at radius 3 is 2.37 bits per heavy atom. The molecule has 0 saturated heterocycles. The zero-order valence-electron chi connectivity index (χ0n) is 13.2. The van der Waals surface area contributed by atoms with Crippen LogP contribution in [-0.4, -0.2) is 23.3 Å². The predicted molar refractivity (Wildman–Crippen MR) is 81.2 cm³/mol. The van der Waals surface area contributed by atoms with E-state index in [1.807, 2.05) is 0 Å². The van der Waals surface area contributed by atoms with E-state index in [9.17, 15) is 5.11 Å². The molecule has 2 saturated carbocycles. The van der Waals surface area contributed by atoms with Crippen molar-refractivity contribution in [1.29, 1.82) is 0 Å². The Balaban J connectivity index is 1.76. The maximum absolute atomic E-state index is 10.6. The van der Waals surface area contributed by atoms with Crippen molar-refractivity contribution in [3.05, 3.63) is 0 Å². The summed E-state index contributed by atoms with van der Waals surface area (Å²) in [5.74, 6) is 0.805. The third-order valence-electron chi connectivity index (χ3n) is 5.50. The van der Waals surface area contributed by atoms with Gasteiger partial charge in [0.05, 0.1) is 5.60 Å². The summed E-state index contributed by atoms with van der Waals surface area (Å²) in [7, 11) is 0.